The van der Waals surface area contributed by atoms with Crippen LogP contribution in [0.5, 0.6) is 0 Å². The Morgan fingerprint density at radius 3 is 2.90 bits per heavy atom. The first kappa shape index (κ1) is 13.8. The van der Waals surface area contributed by atoms with Crippen LogP contribution in [0.2, 0.25) is 4.34 Å². The van der Waals surface area contributed by atoms with Gasteiger partial charge in [0.25, 0.3) is 0 Å². The standard InChI is InChI=1S/C14H11BrClN3S/c1-19(8-10-2-3-13(16)20-10)12-4-5-17-11-6-9(15)7-18-14(11)12/h2-7H,8H2,1H3. The predicted molar refractivity (Wildman–Crippen MR) is 88.7 cm³/mol. The van der Waals surface area contributed by atoms with Crippen LogP contribution in [0, 0.1) is 0 Å². The Balaban J connectivity index is 1.96. The smallest absolute Gasteiger partial charge is 0.112 e. The molecule has 3 rings (SSSR count). The minimum Gasteiger partial charge on any atom is -0.368 e. The summed E-state index contributed by atoms with van der Waals surface area (Å²) in [6.45, 7) is 0.800. The van der Waals surface area contributed by atoms with Gasteiger partial charge >= 0.3 is 0 Å². The van der Waals surface area contributed by atoms with Crippen LogP contribution >= 0.6 is 38.9 Å². The van der Waals surface area contributed by atoms with E-state index in [4.69, 9.17) is 11.6 Å². The van der Waals surface area contributed by atoms with Crippen LogP contribution in [0.4, 0.5) is 5.69 Å². The zero-order valence-electron chi connectivity index (χ0n) is 10.7. The molecule has 0 amide bonds. The first-order valence-corrected chi connectivity index (χ1v) is 7.98. The molecule has 3 heterocycles. The van der Waals surface area contributed by atoms with Gasteiger partial charge < -0.3 is 4.90 Å². The third kappa shape index (κ3) is 2.80. The van der Waals surface area contributed by atoms with Gasteiger partial charge in [-0.1, -0.05) is 11.6 Å². The molecular weight excluding hydrogens is 358 g/mol. The molecular formula is C14H11BrClN3S. The Bertz CT molecular complexity index is 759. The number of aromatic nitrogens is 2. The molecule has 0 saturated carbocycles. The monoisotopic (exact) mass is 367 g/mol. The van der Waals surface area contributed by atoms with E-state index in [9.17, 15) is 0 Å². The lowest BCUT2D eigenvalue weighted by Crippen LogP contribution is -2.16. The maximum Gasteiger partial charge on any atom is 0.112 e. The van der Waals surface area contributed by atoms with E-state index in [0.29, 0.717) is 0 Å². The van der Waals surface area contributed by atoms with E-state index in [1.54, 1.807) is 17.5 Å². The molecule has 0 radical (unpaired) electrons. The van der Waals surface area contributed by atoms with Gasteiger partial charge in [-0.05, 0) is 40.2 Å². The largest absolute Gasteiger partial charge is 0.368 e. The molecule has 3 aromatic heterocycles. The second-order valence-electron chi connectivity index (χ2n) is 4.41. The average Bonchev–Trinajstić information content (AvgIpc) is 2.83. The molecule has 6 heteroatoms. The zero-order valence-corrected chi connectivity index (χ0v) is 13.8. The summed E-state index contributed by atoms with van der Waals surface area (Å²) < 4.78 is 1.75. The number of nitrogens with zero attached hydrogens (tertiary/aromatic N) is 3. The molecule has 0 aliphatic rings. The molecule has 0 spiro atoms. The molecule has 0 bridgehead atoms. The average molecular weight is 369 g/mol. The summed E-state index contributed by atoms with van der Waals surface area (Å²) in [4.78, 5) is 12.2. The summed E-state index contributed by atoms with van der Waals surface area (Å²) in [7, 11) is 2.05. The van der Waals surface area contributed by atoms with Crippen molar-refractivity contribution in [2.24, 2.45) is 0 Å². The molecule has 0 aliphatic heterocycles. The minimum atomic E-state index is 0.800. The summed E-state index contributed by atoms with van der Waals surface area (Å²) >= 11 is 11.0. The van der Waals surface area contributed by atoms with Crippen LogP contribution in [-0.4, -0.2) is 17.0 Å². The first-order chi connectivity index (χ1) is 9.63. The zero-order chi connectivity index (χ0) is 14.1. The first-order valence-electron chi connectivity index (χ1n) is 5.99. The van der Waals surface area contributed by atoms with Crippen LogP contribution in [0.15, 0.2) is 41.1 Å². The van der Waals surface area contributed by atoms with Crippen LogP contribution < -0.4 is 4.90 Å². The van der Waals surface area contributed by atoms with Crippen molar-refractivity contribution in [1.29, 1.82) is 0 Å². The van der Waals surface area contributed by atoms with E-state index < -0.39 is 0 Å². The third-order valence-corrected chi connectivity index (χ3v) is 4.61. The van der Waals surface area contributed by atoms with Crippen LogP contribution in [-0.2, 0) is 6.54 Å². The Morgan fingerprint density at radius 1 is 1.30 bits per heavy atom. The van der Waals surface area contributed by atoms with E-state index in [2.05, 4.69) is 36.9 Å². The highest BCUT2D eigenvalue weighted by Gasteiger charge is 2.10. The molecule has 3 aromatic rings. The number of rotatable bonds is 3. The summed E-state index contributed by atoms with van der Waals surface area (Å²) in [5.74, 6) is 0. The second kappa shape index (κ2) is 5.68. The molecule has 0 fully saturated rings. The fourth-order valence-corrected chi connectivity index (χ4v) is 3.52. The number of pyridine rings is 2. The highest BCUT2D eigenvalue weighted by Crippen LogP contribution is 2.28. The van der Waals surface area contributed by atoms with Crippen molar-refractivity contribution in [2.45, 2.75) is 6.54 Å². The van der Waals surface area contributed by atoms with E-state index >= 15 is 0 Å². The lowest BCUT2D eigenvalue weighted by atomic mass is 10.2. The molecule has 0 unspecified atom stereocenters. The number of hydrogen-bond acceptors (Lipinski definition) is 4. The van der Waals surface area contributed by atoms with E-state index in [1.807, 2.05) is 31.4 Å². The number of anilines is 1. The van der Waals surface area contributed by atoms with Crippen molar-refractivity contribution in [2.75, 3.05) is 11.9 Å². The highest BCUT2D eigenvalue weighted by atomic mass is 79.9. The Labute approximate surface area is 134 Å². The summed E-state index contributed by atoms with van der Waals surface area (Å²) in [5, 5.41) is 0. The number of halogens is 2. The van der Waals surface area contributed by atoms with Crippen molar-refractivity contribution in [3.05, 3.63) is 50.3 Å². The van der Waals surface area contributed by atoms with E-state index in [0.717, 1.165) is 32.1 Å². The molecule has 0 aromatic carbocycles. The van der Waals surface area contributed by atoms with Crippen molar-refractivity contribution in [1.82, 2.24) is 9.97 Å². The van der Waals surface area contributed by atoms with Crippen LogP contribution in [0.3, 0.4) is 0 Å². The van der Waals surface area contributed by atoms with Gasteiger partial charge in [-0.3, -0.25) is 9.97 Å². The van der Waals surface area contributed by atoms with Gasteiger partial charge in [0.05, 0.1) is 22.1 Å². The van der Waals surface area contributed by atoms with Gasteiger partial charge in [0.15, 0.2) is 0 Å². The van der Waals surface area contributed by atoms with Gasteiger partial charge in [0.1, 0.15) is 5.52 Å². The molecule has 102 valence electrons. The minimum absolute atomic E-state index is 0.800. The third-order valence-electron chi connectivity index (χ3n) is 2.96. The quantitative estimate of drug-likeness (QED) is 0.668. The fourth-order valence-electron chi connectivity index (χ4n) is 2.06. The summed E-state index contributed by atoms with van der Waals surface area (Å²) in [5.41, 5.74) is 2.85. The molecule has 0 atom stereocenters. The lowest BCUT2D eigenvalue weighted by Gasteiger charge is -2.19. The van der Waals surface area contributed by atoms with Crippen molar-refractivity contribution < 1.29 is 0 Å². The van der Waals surface area contributed by atoms with Gasteiger partial charge in [-0.2, -0.15) is 0 Å². The maximum absolute atomic E-state index is 5.97. The number of thiophene rings is 1. The van der Waals surface area contributed by atoms with Crippen molar-refractivity contribution >= 4 is 55.6 Å². The number of fused-ring (bicyclic) bond motifs is 1. The van der Waals surface area contributed by atoms with E-state index in [-0.39, 0.29) is 0 Å². The SMILES string of the molecule is CN(Cc1ccc(Cl)s1)c1ccnc2cc(Br)cnc12. The Morgan fingerprint density at radius 2 is 2.15 bits per heavy atom. The van der Waals surface area contributed by atoms with Gasteiger partial charge in [0, 0.05) is 28.8 Å². The molecule has 0 aliphatic carbocycles. The molecule has 20 heavy (non-hydrogen) atoms. The molecule has 0 N–H and O–H groups in total. The van der Waals surface area contributed by atoms with Crippen molar-refractivity contribution in [3.8, 4) is 0 Å². The molecule has 0 saturated heterocycles. The lowest BCUT2D eigenvalue weighted by molar-refractivity contribution is 0.942. The van der Waals surface area contributed by atoms with Crippen molar-refractivity contribution in [3.63, 3.8) is 0 Å². The highest BCUT2D eigenvalue weighted by molar-refractivity contribution is 9.10. The topological polar surface area (TPSA) is 29.0 Å². The maximum atomic E-state index is 5.97. The summed E-state index contributed by atoms with van der Waals surface area (Å²) in [6.07, 6.45) is 3.60. The Kier molecular flexibility index (Phi) is 3.92. The summed E-state index contributed by atoms with van der Waals surface area (Å²) in [6, 6.07) is 7.94. The van der Waals surface area contributed by atoms with Gasteiger partial charge in [0.2, 0.25) is 0 Å². The normalized spacial score (nSPS) is 10.9. The molecule has 3 nitrogen and oxygen atoms in total. The fraction of sp³-hybridized carbons (Fsp3) is 0.143. The van der Waals surface area contributed by atoms with Gasteiger partial charge in [-0.25, -0.2) is 0 Å². The van der Waals surface area contributed by atoms with Crippen LogP contribution in [0.25, 0.3) is 11.0 Å². The second-order valence-corrected chi connectivity index (χ2v) is 7.13. The van der Waals surface area contributed by atoms with Crippen LogP contribution in [0.1, 0.15) is 4.88 Å². The Hall–Kier alpha value is -1.17. The number of hydrogen-bond donors (Lipinski definition) is 0. The predicted octanol–water partition coefficient (Wildman–Crippen LogP) is 4.74. The van der Waals surface area contributed by atoms with Gasteiger partial charge in [-0.15, -0.1) is 11.3 Å². The van der Waals surface area contributed by atoms with E-state index in [1.165, 1.54) is 4.88 Å².